The molecule has 0 aliphatic rings. The van der Waals surface area contributed by atoms with E-state index in [1.165, 1.54) is 18.2 Å². The van der Waals surface area contributed by atoms with Gasteiger partial charge in [-0.1, -0.05) is 6.07 Å². The van der Waals surface area contributed by atoms with Gasteiger partial charge in [0.15, 0.2) is 12.2 Å². The molecular weight excluding hydrogens is 430 g/mol. The highest BCUT2D eigenvalue weighted by Crippen LogP contribution is 2.18. The highest BCUT2D eigenvalue weighted by atomic mass is 16.6. The Balaban J connectivity index is 3.32. The van der Waals surface area contributed by atoms with E-state index in [9.17, 15) is 28.8 Å². The monoisotopic (exact) mass is 453 g/mol. The number of carboxylic acids is 1. The van der Waals surface area contributed by atoms with Gasteiger partial charge < -0.3 is 29.4 Å². The molecule has 32 heavy (non-hydrogen) atoms. The summed E-state index contributed by atoms with van der Waals surface area (Å²) in [4.78, 5) is 70.1. The first kappa shape index (κ1) is 26.1. The van der Waals surface area contributed by atoms with Crippen LogP contribution in [0.2, 0.25) is 0 Å². The number of aromatic carboxylic acids is 1. The van der Waals surface area contributed by atoms with Crippen LogP contribution in [0.3, 0.4) is 0 Å². The molecule has 0 spiro atoms. The molecule has 0 heterocycles. The van der Waals surface area contributed by atoms with Gasteiger partial charge in [-0.3, -0.25) is 24.0 Å². The smallest absolute Gasteiger partial charge is 0.335 e. The molecule has 3 unspecified atom stereocenters. The standard InChI is InChI=1S/C20H23NO11/c1-10(22)29-9-16(30-11(2)23)17(31-12(3)24)18(32-13(4)25)19(26)21-15-7-5-6-14(8-15)20(27)28/h5-8,16-18H,9H2,1-4H3,(H,21,26)(H,27,28). The van der Waals surface area contributed by atoms with Crippen LogP contribution in [0, 0.1) is 0 Å². The van der Waals surface area contributed by atoms with Crippen molar-refractivity contribution in [3.05, 3.63) is 29.8 Å². The van der Waals surface area contributed by atoms with Crippen LogP contribution in [0.15, 0.2) is 24.3 Å². The molecule has 174 valence electrons. The number of rotatable bonds is 10. The van der Waals surface area contributed by atoms with E-state index in [4.69, 9.17) is 24.1 Å². The van der Waals surface area contributed by atoms with Crippen LogP contribution >= 0.6 is 0 Å². The van der Waals surface area contributed by atoms with Crippen molar-refractivity contribution >= 4 is 41.4 Å². The molecule has 0 radical (unpaired) electrons. The van der Waals surface area contributed by atoms with Crippen LogP contribution in [0.5, 0.6) is 0 Å². The highest BCUT2D eigenvalue weighted by molar-refractivity contribution is 5.97. The lowest BCUT2D eigenvalue weighted by molar-refractivity contribution is -0.190. The van der Waals surface area contributed by atoms with E-state index in [-0.39, 0.29) is 11.3 Å². The van der Waals surface area contributed by atoms with Crippen molar-refractivity contribution in [3.8, 4) is 0 Å². The Bertz CT molecular complexity index is 895. The number of nitrogens with one attached hydrogen (secondary N) is 1. The minimum Gasteiger partial charge on any atom is -0.478 e. The number of amides is 1. The SMILES string of the molecule is CC(=O)OCC(OC(C)=O)C(OC(C)=O)C(OC(C)=O)C(=O)Nc1cccc(C(=O)O)c1. The van der Waals surface area contributed by atoms with Crippen LogP contribution in [0.1, 0.15) is 38.1 Å². The highest BCUT2D eigenvalue weighted by Gasteiger charge is 2.42. The van der Waals surface area contributed by atoms with Gasteiger partial charge >= 0.3 is 29.8 Å². The van der Waals surface area contributed by atoms with E-state index in [1.807, 2.05) is 0 Å². The molecule has 1 aromatic carbocycles. The Morgan fingerprint density at radius 1 is 0.875 bits per heavy atom. The molecule has 0 bridgehead atoms. The third-order valence-corrected chi connectivity index (χ3v) is 3.66. The van der Waals surface area contributed by atoms with Gasteiger partial charge in [-0.15, -0.1) is 0 Å². The van der Waals surface area contributed by atoms with Crippen molar-refractivity contribution < 1.29 is 52.8 Å². The van der Waals surface area contributed by atoms with E-state index in [0.29, 0.717) is 0 Å². The van der Waals surface area contributed by atoms with Crippen LogP contribution in [-0.4, -0.2) is 65.8 Å². The Hall–Kier alpha value is -3.96. The van der Waals surface area contributed by atoms with Crippen molar-refractivity contribution in [3.63, 3.8) is 0 Å². The molecule has 12 nitrogen and oxygen atoms in total. The fourth-order valence-electron chi connectivity index (χ4n) is 2.52. The van der Waals surface area contributed by atoms with E-state index < -0.39 is 60.7 Å². The van der Waals surface area contributed by atoms with Crippen molar-refractivity contribution in [2.45, 2.75) is 46.0 Å². The molecule has 0 saturated carbocycles. The first-order valence-electron chi connectivity index (χ1n) is 9.20. The summed E-state index contributed by atoms with van der Waals surface area (Å²) in [5.41, 5.74) is -0.0892. The molecule has 12 heteroatoms. The summed E-state index contributed by atoms with van der Waals surface area (Å²) >= 11 is 0. The lowest BCUT2D eigenvalue weighted by Crippen LogP contribution is -2.52. The lowest BCUT2D eigenvalue weighted by Gasteiger charge is -2.30. The predicted molar refractivity (Wildman–Crippen MR) is 105 cm³/mol. The maximum atomic E-state index is 12.9. The van der Waals surface area contributed by atoms with E-state index in [0.717, 1.165) is 33.8 Å². The zero-order valence-corrected chi connectivity index (χ0v) is 17.8. The molecular formula is C20H23NO11. The summed E-state index contributed by atoms with van der Waals surface area (Å²) < 4.78 is 20.0. The first-order chi connectivity index (χ1) is 14.9. The average Bonchev–Trinajstić information content (AvgIpc) is 2.67. The molecule has 0 saturated heterocycles. The summed E-state index contributed by atoms with van der Waals surface area (Å²) in [5.74, 6) is -5.71. The van der Waals surface area contributed by atoms with Gasteiger partial charge in [0.25, 0.3) is 5.91 Å². The average molecular weight is 453 g/mol. The lowest BCUT2D eigenvalue weighted by atomic mass is 10.1. The summed E-state index contributed by atoms with van der Waals surface area (Å²) in [6.07, 6.45) is -5.03. The molecule has 0 aromatic heterocycles. The molecule has 0 fully saturated rings. The zero-order chi connectivity index (χ0) is 24.4. The molecule has 0 aliphatic carbocycles. The fourth-order valence-corrected chi connectivity index (χ4v) is 2.52. The van der Waals surface area contributed by atoms with Gasteiger partial charge in [0.05, 0.1) is 5.56 Å². The van der Waals surface area contributed by atoms with Gasteiger partial charge in [0.2, 0.25) is 6.10 Å². The quantitative estimate of drug-likeness (QED) is 0.377. The minimum atomic E-state index is -1.84. The second-order valence-corrected chi connectivity index (χ2v) is 6.43. The topological polar surface area (TPSA) is 172 Å². The Labute approximate surface area is 182 Å². The zero-order valence-electron chi connectivity index (χ0n) is 17.8. The van der Waals surface area contributed by atoms with E-state index >= 15 is 0 Å². The third-order valence-electron chi connectivity index (χ3n) is 3.66. The van der Waals surface area contributed by atoms with Gasteiger partial charge in [-0.2, -0.15) is 0 Å². The summed E-state index contributed by atoms with van der Waals surface area (Å²) in [7, 11) is 0. The number of hydrogen-bond acceptors (Lipinski definition) is 10. The second-order valence-electron chi connectivity index (χ2n) is 6.43. The van der Waals surface area contributed by atoms with Crippen LogP contribution in [0.4, 0.5) is 5.69 Å². The third kappa shape index (κ3) is 8.81. The molecule has 3 atom stereocenters. The second kappa shape index (κ2) is 12.0. The summed E-state index contributed by atoms with van der Waals surface area (Å²) in [5, 5.41) is 11.4. The minimum absolute atomic E-state index is 0.0395. The molecule has 1 amide bonds. The van der Waals surface area contributed by atoms with Gasteiger partial charge in [-0.05, 0) is 18.2 Å². The molecule has 1 aromatic rings. The van der Waals surface area contributed by atoms with Crippen molar-refractivity contribution in [2.24, 2.45) is 0 Å². The molecule has 2 N–H and O–H groups in total. The van der Waals surface area contributed by atoms with E-state index in [2.05, 4.69) is 5.32 Å². The molecule has 1 rings (SSSR count). The number of carboxylic acid groups (broad SMARTS) is 1. The van der Waals surface area contributed by atoms with Crippen LogP contribution in [-0.2, 0) is 42.9 Å². The first-order valence-corrected chi connectivity index (χ1v) is 9.20. The van der Waals surface area contributed by atoms with Crippen LogP contribution in [0.25, 0.3) is 0 Å². The van der Waals surface area contributed by atoms with Crippen molar-refractivity contribution in [1.82, 2.24) is 0 Å². The predicted octanol–water partition coefficient (Wildman–Crippen LogP) is 0.682. The number of carbonyl (C=O) groups is 6. The maximum Gasteiger partial charge on any atom is 0.335 e. The number of ether oxygens (including phenoxy) is 4. The van der Waals surface area contributed by atoms with Gasteiger partial charge in [0, 0.05) is 33.4 Å². The Morgan fingerprint density at radius 2 is 1.47 bits per heavy atom. The van der Waals surface area contributed by atoms with Crippen molar-refractivity contribution in [1.29, 1.82) is 0 Å². The Kier molecular flexibility index (Phi) is 9.80. The summed E-state index contributed by atoms with van der Waals surface area (Å²) in [6, 6.07) is 5.18. The normalized spacial score (nSPS) is 13.0. The van der Waals surface area contributed by atoms with E-state index in [1.54, 1.807) is 0 Å². The van der Waals surface area contributed by atoms with Gasteiger partial charge in [0.1, 0.15) is 6.61 Å². The van der Waals surface area contributed by atoms with Gasteiger partial charge in [-0.25, -0.2) is 4.79 Å². The number of benzene rings is 1. The van der Waals surface area contributed by atoms with Crippen LogP contribution < -0.4 is 5.32 Å². The number of anilines is 1. The number of esters is 4. The maximum absolute atomic E-state index is 12.9. The number of carbonyl (C=O) groups excluding carboxylic acids is 5. The number of hydrogen-bond donors (Lipinski definition) is 2. The van der Waals surface area contributed by atoms with Crippen molar-refractivity contribution in [2.75, 3.05) is 11.9 Å². The molecule has 0 aliphatic heterocycles. The summed E-state index contributed by atoms with van der Waals surface area (Å²) in [6.45, 7) is 3.50. The largest absolute Gasteiger partial charge is 0.478 e. The fraction of sp³-hybridized carbons (Fsp3) is 0.400. The Morgan fingerprint density at radius 3 is 1.97 bits per heavy atom.